The van der Waals surface area contributed by atoms with E-state index in [-0.39, 0.29) is 25.0 Å². The molecule has 0 saturated carbocycles. The largest absolute Gasteiger partial charge is 0.456 e. The minimum Gasteiger partial charge on any atom is -0.456 e. The van der Waals surface area contributed by atoms with E-state index in [2.05, 4.69) is 9.97 Å². The van der Waals surface area contributed by atoms with E-state index in [1.54, 1.807) is 48.5 Å². The molecule has 1 aliphatic rings. The van der Waals surface area contributed by atoms with Crippen molar-refractivity contribution >= 4 is 28.8 Å². The van der Waals surface area contributed by atoms with Gasteiger partial charge in [-0.2, -0.15) is 0 Å². The summed E-state index contributed by atoms with van der Waals surface area (Å²) in [6.45, 7) is 1.98. The second kappa shape index (κ2) is 8.27. The van der Waals surface area contributed by atoms with Crippen LogP contribution in [0.15, 0.2) is 72.8 Å². The fourth-order valence-electron chi connectivity index (χ4n) is 3.79. The Kier molecular flexibility index (Phi) is 5.14. The number of amides is 2. The SMILES string of the molecule is Cc1nc2ccccc2nc1COC(=O)c1ccc(CN2C(=O)c3ccccc3C2=O)cc1. The molecular weight excluding hydrogens is 418 g/mol. The van der Waals surface area contributed by atoms with Gasteiger partial charge in [0.25, 0.3) is 11.8 Å². The zero-order chi connectivity index (χ0) is 22.9. The molecule has 0 radical (unpaired) electrons. The summed E-state index contributed by atoms with van der Waals surface area (Å²) in [5.74, 6) is -1.12. The quantitative estimate of drug-likeness (QED) is 0.345. The Bertz CT molecular complexity index is 1380. The molecule has 4 aromatic rings. The van der Waals surface area contributed by atoms with Crippen molar-refractivity contribution in [1.82, 2.24) is 14.9 Å². The minimum atomic E-state index is -0.489. The van der Waals surface area contributed by atoms with Crippen molar-refractivity contribution < 1.29 is 19.1 Å². The predicted octanol–water partition coefficient (Wildman–Crippen LogP) is 4.09. The Labute approximate surface area is 189 Å². The van der Waals surface area contributed by atoms with Gasteiger partial charge in [0.1, 0.15) is 6.61 Å². The number of nitrogens with zero attached hydrogens (tertiary/aromatic N) is 3. The van der Waals surface area contributed by atoms with Crippen molar-refractivity contribution in [2.45, 2.75) is 20.1 Å². The van der Waals surface area contributed by atoms with Crippen molar-refractivity contribution in [1.29, 1.82) is 0 Å². The number of carbonyl (C=O) groups is 3. The number of benzene rings is 3. The summed E-state index contributed by atoms with van der Waals surface area (Å²) in [6.07, 6.45) is 0. The Balaban J connectivity index is 1.25. The number of aryl methyl sites for hydroxylation is 1. The number of imide groups is 1. The van der Waals surface area contributed by atoms with E-state index in [4.69, 9.17) is 4.74 Å². The molecule has 0 saturated heterocycles. The maximum Gasteiger partial charge on any atom is 0.338 e. The van der Waals surface area contributed by atoms with Gasteiger partial charge in [-0.15, -0.1) is 0 Å². The van der Waals surface area contributed by atoms with Crippen LogP contribution in [-0.4, -0.2) is 32.7 Å². The van der Waals surface area contributed by atoms with Crippen LogP contribution in [0.1, 0.15) is 48.0 Å². The van der Waals surface area contributed by atoms with Gasteiger partial charge in [0.05, 0.1) is 45.7 Å². The summed E-state index contributed by atoms with van der Waals surface area (Å²) in [6, 6.07) is 20.9. The maximum absolute atomic E-state index is 12.5. The molecule has 0 bridgehead atoms. The number of para-hydroxylation sites is 2. The van der Waals surface area contributed by atoms with Crippen LogP contribution in [-0.2, 0) is 17.9 Å². The molecule has 7 heteroatoms. The van der Waals surface area contributed by atoms with Gasteiger partial charge in [0.15, 0.2) is 0 Å². The van der Waals surface area contributed by atoms with Crippen molar-refractivity contribution in [3.8, 4) is 0 Å². The van der Waals surface area contributed by atoms with Gasteiger partial charge in [0.2, 0.25) is 0 Å². The number of hydrogen-bond acceptors (Lipinski definition) is 6. The Morgan fingerprint density at radius 3 is 2.03 bits per heavy atom. The van der Waals surface area contributed by atoms with Crippen LogP contribution >= 0.6 is 0 Å². The van der Waals surface area contributed by atoms with Gasteiger partial charge < -0.3 is 4.74 Å². The molecule has 3 aromatic carbocycles. The maximum atomic E-state index is 12.5. The van der Waals surface area contributed by atoms with Gasteiger partial charge in [-0.05, 0) is 48.9 Å². The Morgan fingerprint density at radius 1 is 0.818 bits per heavy atom. The molecule has 5 rings (SSSR count). The van der Waals surface area contributed by atoms with E-state index in [0.29, 0.717) is 28.1 Å². The predicted molar refractivity (Wildman–Crippen MR) is 120 cm³/mol. The molecule has 0 fully saturated rings. The lowest BCUT2D eigenvalue weighted by molar-refractivity contribution is 0.0466. The fraction of sp³-hybridized carbons (Fsp3) is 0.115. The number of hydrogen-bond donors (Lipinski definition) is 0. The topological polar surface area (TPSA) is 89.5 Å². The van der Waals surface area contributed by atoms with E-state index < -0.39 is 5.97 Å². The zero-order valence-electron chi connectivity index (χ0n) is 17.8. The number of ether oxygens (including phenoxy) is 1. The first-order valence-electron chi connectivity index (χ1n) is 10.4. The first-order chi connectivity index (χ1) is 16.0. The number of aromatic nitrogens is 2. The molecular formula is C26H19N3O4. The highest BCUT2D eigenvalue weighted by Gasteiger charge is 2.34. The van der Waals surface area contributed by atoms with Gasteiger partial charge in [-0.3, -0.25) is 14.5 Å². The normalized spacial score (nSPS) is 12.8. The molecule has 0 N–H and O–H groups in total. The first kappa shape index (κ1) is 20.5. The molecule has 2 amide bonds. The molecule has 2 heterocycles. The number of rotatable bonds is 5. The number of fused-ring (bicyclic) bond motifs is 2. The number of esters is 1. The zero-order valence-corrected chi connectivity index (χ0v) is 17.8. The lowest BCUT2D eigenvalue weighted by Gasteiger charge is -2.14. The lowest BCUT2D eigenvalue weighted by Crippen LogP contribution is -2.29. The van der Waals surface area contributed by atoms with Gasteiger partial charge in [0, 0.05) is 0 Å². The molecule has 0 aliphatic carbocycles. The highest BCUT2D eigenvalue weighted by Crippen LogP contribution is 2.24. The van der Waals surface area contributed by atoms with E-state index in [9.17, 15) is 14.4 Å². The van der Waals surface area contributed by atoms with E-state index >= 15 is 0 Å². The minimum absolute atomic E-state index is 0.0132. The highest BCUT2D eigenvalue weighted by atomic mass is 16.5. The van der Waals surface area contributed by atoms with Gasteiger partial charge in [-0.1, -0.05) is 36.4 Å². The van der Waals surface area contributed by atoms with Gasteiger partial charge in [-0.25, -0.2) is 14.8 Å². The van der Waals surface area contributed by atoms with Crippen molar-refractivity contribution in [3.63, 3.8) is 0 Å². The average molecular weight is 437 g/mol. The standard InChI is InChI=1S/C26H19N3O4/c1-16-23(28-22-9-5-4-8-21(22)27-16)15-33-26(32)18-12-10-17(11-13-18)14-29-24(30)19-6-2-3-7-20(19)25(29)31/h2-13H,14-15H2,1H3. The Hall–Kier alpha value is -4.39. The van der Waals surface area contributed by atoms with Crippen LogP contribution < -0.4 is 0 Å². The number of carbonyl (C=O) groups excluding carboxylic acids is 3. The van der Waals surface area contributed by atoms with Crippen LogP contribution in [0.4, 0.5) is 0 Å². The summed E-state index contributed by atoms with van der Waals surface area (Å²) in [5, 5.41) is 0. The van der Waals surface area contributed by atoms with Gasteiger partial charge >= 0.3 is 5.97 Å². The molecule has 33 heavy (non-hydrogen) atoms. The third-order valence-corrected chi connectivity index (χ3v) is 5.59. The molecule has 1 aromatic heterocycles. The third kappa shape index (κ3) is 3.85. The van der Waals surface area contributed by atoms with Crippen molar-refractivity contribution in [2.24, 2.45) is 0 Å². The van der Waals surface area contributed by atoms with E-state index in [0.717, 1.165) is 16.6 Å². The summed E-state index contributed by atoms with van der Waals surface area (Å²) >= 11 is 0. The van der Waals surface area contributed by atoms with Crippen molar-refractivity contribution in [3.05, 3.63) is 106 Å². The van der Waals surface area contributed by atoms with E-state index in [1.807, 2.05) is 31.2 Å². The second-order valence-corrected chi connectivity index (χ2v) is 7.76. The monoisotopic (exact) mass is 437 g/mol. The summed E-state index contributed by atoms with van der Waals surface area (Å²) in [5.41, 5.74) is 4.77. The van der Waals surface area contributed by atoms with Crippen LogP contribution in [0.25, 0.3) is 11.0 Å². The third-order valence-electron chi connectivity index (χ3n) is 5.59. The van der Waals surface area contributed by atoms with Crippen LogP contribution in [0.3, 0.4) is 0 Å². The van der Waals surface area contributed by atoms with Crippen LogP contribution in [0, 0.1) is 6.92 Å². The summed E-state index contributed by atoms with van der Waals surface area (Å²) in [4.78, 5) is 47.8. The first-order valence-corrected chi connectivity index (χ1v) is 10.4. The second-order valence-electron chi connectivity index (χ2n) is 7.76. The molecule has 162 valence electrons. The van der Waals surface area contributed by atoms with E-state index in [1.165, 1.54) is 4.90 Å². The molecule has 0 spiro atoms. The smallest absolute Gasteiger partial charge is 0.338 e. The molecule has 0 unspecified atom stereocenters. The fourth-order valence-corrected chi connectivity index (χ4v) is 3.79. The molecule has 1 aliphatic heterocycles. The average Bonchev–Trinajstić information content (AvgIpc) is 3.08. The highest BCUT2D eigenvalue weighted by molar-refractivity contribution is 6.21. The molecule has 0 atom stereocenters. The van der Waals surface area contributed by atoms with Crippen molar-refractivity contribution in [2.75, 3.05) is 0 Å². The lowest BCUT2D eigenvalue weighted by atomic mass is 10.1. The summed E-state index contributed by atoms with van der Waals surface area (Å²) in [7, 11) is 0. The summed E-state index contributed by atoms with van der Waals surface area (Å²) < 4.78 is 5.43. The Morgan fingerprint density at radius 2 is 1.39 bits per heavy atom. The van der Waals surface area contributed by atoms with Crippen LogP contribution in [0.2, 0.25) is 0 Å². The molecule has 7 nitrogen and oxygen atoms in total. The van der Waals surface area contributed by atoms with Crippen LogP contribution in [0.5, 0.6) is 0 Å².